The third-order valence-corrected chi connectivity index (χ3v) is 4.34. The third-order valence-electron chi connectivity index (χ3n) is 4.34. The fourth-order valence-corrected chi connectivity index (χ4v) is 3.03. The minimum Gasteiger partial charge on any atom is -0.351 e. The number of amides is 1. The summed E-state index contributed by atoms with van der Waals surface area (Å²) in [6, 6.07) is 10.2. The zero-order valence-corrected chi connectivity index (χ0v) is 11.5. The average molecular weight is 256 g/mol. The summed E-state index contributed by atoms with van der Waals surface area (Å²) in [6.07, 6.45) is 3.47. The zero-order valence-electron chi connectivity index (χ0n) is 11.5. The van der Waals surface area contributed by atoms with Crippen LogP contribution >= 0.6 is 0 Å². The molecule has 1 aromatic heterocycles. The van der Waals surface area contributed by atoms with E-state index in [0.29, 0.717) is 5.69 Å². The molecule has 1 saturated carbocycles. The lowest BCUT2D eigenvalue weighted by molar-refractivity contribution is 0.0906. The quantitative estimate of drug-likeness (QED) is 0.849. The van der Waals surface area contributed by atoms with Crippen molar-refractivity contribution in [3.05, 3.63) is 36.0 Å². The number of rotatable bonds is 2. The average Bonchev–Trinajstić information content (AvgIpc) is 2.93. The van der Waals surface area contributed by atoms with Crippen LogP contribution < -0.4 is 5.32 Å². The molecular formula is C16H20N2O. The normalized spacial score (nSPS) is 21.7. The number of hydrogen-bond acceptors (Lipinski definition) is 1. The highest BCUT2D eigenvalue weighted by Gasteiger charge is 2.35. The number of fused-ring (bicyclic) bond motifs is 1. The van der Waals surface area contributed by atoms with E-state index >= 15 is 0 Å². The van der Waals surface area contributed by atoms with Crippen LogP contribution in [0.5, 0.6) is 0 Å². The molecule has 19 heavy (non-hydrogen) atoms. The predicted molar refractivity (Wildman–Crippen MR) is 77.2 cm³/mol. The van der Waals surface area contributed by atoms with Gasteiger partial charge in [0, 0.05) is 16.9 Å². The van der Waals surface area contributed by atoms with E-state index in [0.717, 1.165) is 17.3 Å². The van der Waals surface area contributed by atoms with Gasteiger partial charge < -0.3 is 10.3 Å². The van der Waals surface area contributed by atoms with Gasteiger partial charge in [0.25, 0.3) is 5.91 Å². The van der Waals surface area contributed by atoms with Crippen molar-refractivity contribution >= 4 is 16.8 Å². The first-order valence-electron chi connectivity index (χ1n) is 6.95. The number of aromatic amines is 1. The Labute approximate surface area is 113 Å². The Morgan fingerprint density at radius 3 is 2.84 bits per heavy atom. The van der Waals surface area contributed by atoms with Crippen LogP contribution in [0.2, 0.25) is 0 Å². The molecule has 0 radical (unpaired) electrons. The number of H-pyrrole nitrogens is 1. The van der Waals surface area contributed by atoms with Crippen LogP contribution in [0.1, 0.15) is 43.6 Å². The molecule has 1 fully saturated rings. The SMILES string of the molecule is CC1(C)CCCC1NC(=O)c1cc2ccccc2[nH]1. The Hall–Kier alpha value is -1.77. The van der Waals surface area contributed by atoms with Crippen molar-refractivity contribution in [2.75, 3.05) is 0 Å². The summed E-state index contributed by atoms with van der Waals surface area (Å²) in [5.41, 5.74) is 1.88. The van der Waals surface area contributed by atoms with E-state index in [4.69, 9.17) is 0 Å². The van der Waals surface area contributed by atoms with Crippen molar-refractivity contribution < 1.29 is 4.79 Å². The summed E-state index contributed by atoms with van der Waals surface area (Å²) < 4.78 is 0. The van der Waals surface area contributed by atoms with Crippen molar-refractivity contribution in [2.45, 2.75) is 39.2 Å². The highest BCUT2D eigenvalue weighted by Crippen LogP contribution is 2.37. The van der Waals surface area contributed by atoms with E-state index < -0.39 is 0 Å². The summed E-state index contributed by atoms with van der Waals surface area (Å²) in [5, 5.41) is 4.26. The second-order valence-corrected chi connectivity index (χ2v) is 6.18. The van der Waals surface area contributed by atoms with Gasteiger partial charge in [-0.25, -0.2) is 0 Å². The van der Waals surface area contributed by atoms with Crippen molar-refractivity contribution in [3.63, 3.8) is 0 Å². The van der Waals surface area contributed by atoms with Crippen molar-refractivity contribution in [3.8, 4) is 0 Å². The molecule has 1 aliphatic rings. The number of para-hydroxylation sites is 1. The Bertz CT molecular complexity index is 579. The number of carbonyl (C=O) groups excluding carboxylic acids is 1. The number of hydrogen-bond donors (Lipinski definition) is 2. The van der Waals surface area contributed by atoms with Gasteiger partial charge in [-0.15, -0.1) is 0 Å². The predicted octanol–water partition coefficient (Wildman–Crippen LogP) is 3.48. The molecule has 0 spiro atoms. The zero-order chi connectivity index (χ0) is 13.5. The first kappa shape index (κ1) is 12.3. The van der Waals surface area contributed by atoms with Crippen LogP contribution in [-0.4, -0.2) is 16.9 Å². The van der Waals surface area contributed by atoms with E-state index in [2.05, 4.69) is 24.1 Å². The molecule has 3 nitrogen and oxygen atoms in total. The van der Waals surface area contributed by atoms with Crippen molar-refractivity contribution in [1.82, 2.24) is 10.3 Å². The number of benzene rings is 1. The lowest BCUT2D eigenvalue weighted by Crippen LogP contribution is -2.41. The summed E-state index contributed by atoms with van der Waals surface area (Å²) in [7, 11) is 0. The van der Waals surface area contributed by atoms with E-state index in [-0.39, 0.29) is 17.4 Å². The Morgan fingerprint density at radius 2 is 2.16 bits per heavy atom. The maximum Gasteiger partial charge on any atom is 0.267 e. The molecule has 0 bridgehead atoms. The Morgan fingerprint density at radius 1 is 1.37 bits per heavy atom. The summed E-state index contributed by atoms with van der Waals surface area (Å²) in [5.74, 6) is 0.0103. The van der Waals surface area contributed by atoms with E-state index in [1.54, 1.807) is 0 Å². The van der Waals surface area contributed by atoms with Gasteiger partial charge in [0.05, 0.1) is 0 Å². The Balaban J connectivity index is 1.80. The van der Waals surface area contributed by atoms with E-state index in [1.165, 1.54) is 12.8 Å². The molecule has 1 aliphatic carbocycles. The van der Waals surface area contributed by atoms with Crippen LogP contribution in [0.3, 0.4) is 0 Å². The minimum atomic E-state index is 0.0103. The summed E-state index contributed by atoms with van der Waals surface area (Å²) in [6.45, 7) is 4.46. The summed E-state index contributed by atoms with van der Waals surface area (Å²) in [4.78, 5) is 15.5. The Kier molecular flexibility index (Phi) is 2.85. The van der Waals surface area contributed by atoms with Crippen LogP contribution in [-0.2, 0) is 0 Å². The molecule has 0 aliphatic heterocycles. The van der Waals surface area contributed by atoms with Crippen LogP contribution in [0.15, 0.2) is 30.3 Å². The lowest BCUT2D eigenvalue weighted by Gasteiger charge is -2.27. The van der Waals surface area contributed by atoms with Gasteiger partial charge in [-0.05, 0) is 30.4 Å². The van der Waals surface area contributed by atoms with Crippen molar-refractivity contribution in [1.29, 1.82) is 0 Å². The third kappa shape index (κ3) is 2.25. The number of carbonyl (C=O) groups is 1. The molecule has 0 saturated heterocycles. The van der Waals surface area contributed by atoms with Gasteiger partial charge in [-0.1, -0.05) is 38.5 Å². The van der Waals surface area contributed by atoms with Crippen LogP contribution in [0.25, 0.3) is 10.9 Å². The molecule has 3 rings (SSSR count). The van der Waals surface area contributed by atoms with Crippen LogP contribution in [0.4, 0.5) is 0 Å². The fourth-order valence-electron chi connectivity index (χ4n) is 3.03. The molecule has 2 N–H and O–H groups in total. The number of nitrogens with one attached hydrogen (secondary N) is 2. The van der Waals surface area contributed by atoms with Crippen LogP contribution in [0, 0.1) is 5.41 Å². The molecule has 1 unspecified atom stereocenters. The van der Waals surface area contributed by atoms with E-state index in [1.807, 2.05) is 30.3 Å². The second-order valence-electron chi connectivity index (χ2n) is 6.18. The van der Waals surface area contributed by atoms with E-state index in [9.17, 15) is 4.79 Å². The molecule has 100 valence electrons. The maximum absolute atomic E-state index is 12.3. The standard InChI is InChI=1S/C16H20N2O/c1-16(2)9-5-8-14(16)18-15(19)13-10-11-6-3-4-7-12(11)17-13/h3-4,6-7,10,14,17H,5,8-9H2,1-2H3,(H,18,19). The highest BCUT2D eigenvalue weighted by atomic mass is 16.1. The van der Waals surface area contributed by atoms with Gasteiger partial charge >= 0.3 is 0 Å². The lowest BCUT2D eigenvalue weighted by atomic mass is 9.87. The smallest absolute Gasteiger partial charge is 0.267 e. The molecule has 1 aromatic carbocycles. The first-order valence-corrected chi connectivity index (χ1v) is 6.95. The second kappa shape index (κ2) is 4.41. The van der Waals surface area contributed by atoms with Gasteiger partial charge in [0.1, 0.15) is 5.69 Å². The monoisotopic (exact) mass is 256 g/mol. The number of aromatic nitrogens is 1. The highest BCUT2D eigenvalue weighted by molar-refractivity contribution is 5.98. The topological polar surface area (TPSA) is 44.9 Å². The summed E-state index contributed by atoms with van der Waals surface area (Å²) >= 11 is 0. The molecule has 2 aromatic rings. The van der Waals surface area contributed by atoms with Gasteiger partial charge in [0.2, 0.25) is 0 Å². The van der Waals surface area contributed by atoms with Gasteiger partial charge in [-0.3, -0.25) is 4.79 Å². The largest absolute Gasteiger partial charge is 0.351 e. The fraction of sp³-hybridized carbons (Fsp3) is 0.438. The van der Waals surface area contributed by atoms with Gasteiger partial charge in [0.15, 0.2) is 0 Å². The molecule has 3 heteroatoms. The molecule has 1 amide bonds. The molecular weight excluding hydrogens is 236 g/mol. The maximum atomic E-state index is 12.3. The van der Waals surface area contributed by atoms with Gasteiger partial charge in [-0.2, -0.15) is 0 Å². The first-order chi connectivity index (χ1) is 9.06. The molecule has 1 atom stereocenters. The molecule has 1 heterocycles. The van der Waals surface area contributed by atoms with Crippen molar-refractivity contribution in [2.24, 2.45) is 5.41 Å². The minimum absolute atomic E-state index is 0.0103.